The molecule has 1 saturated carbocycles. The Hall–Kier alpha value is -1.45. The van der Waals surface area contributed by atoms with Crippen LogP contribution in [0.3, 0.4) is 0 Å². The van der Waals surface area contributed by atoms with Crippen molar-refractivity contribution >= 4 is 11.9 Å². The van der Waals surface area contributed by atoms with E-state index in [1.807, 2.05) is 0 Å². The lowest BCUT2D eigenvalue weighted by Gasteiger charge is -2.41. The van der Waals surface area contributed by atoms with Crippen LogP contribution in [0.1, 0.15) is 30.8 Å². The van der Waals surface area contributed by atoms with Gasteiger partial charge >= 0.3 is 5.97 Å². The first-order chi connectivity index (χ1) is 7.08. The number of anilines is 1. The van der Waals surface area contributed by atoms with Gasteiger partial charge in [0.05, 0.1) is 0 Å². The summed E-state index contributed by atoms with van der Waals surface area (Å²) in [5, 5.41) is 11.9. The molecule has 1 heterocycles. The van der Waals surface area contributed by atoms with Crippen LogP contribution in [0.25, 0.3) is 0 Å². The minimum Gasteiger partial charge on any atom is -0.475 e. The number of nitrogens with one attached hydrogen (secondary N) is 1. The van der Waals surface area contributed by atoms with Crippen molar-refractivity contribution in [3.8, 4) is 0 Å². The summed E-state index contributed by atoms with van der Waals surface area (Å²) >= 11 is 0. The van der Waals surface area contributed by atoms with Crippen LogP contribution < -0.4 is 5.32 Å². The summed E-state index contributed by atoms with van der Waals surface area (Å²) in [6, 6.07) is 3.55. The van der Waals surface area contributed by atoms with Crippen molar-refractivity contribution in [2.45, 2.75) is 26.3 Å². The minimum absolute atomic E-state index is 0.0162. The zero-order valence-electron chi connectivity index (χ0n) is 8.86. The summed E-state index contributed by atoms with van der Waals surface area (Å²) < 4.78 is 5.12. The van der Waals surface area contributed by atoms with E-state index in [0.29, 0.717) is 17.8 Å². The van der Waals surface area contributed by atoms with Crippen LogP contribution in [-0.4, -0.2) is 17.1 Å². The summed E-state index contributed by atoms with van der Waals surface area (Å²) in [6.45, 7) is 4.40. The topological polar surface area (TPSA) is 62.5 Å². The molecule has 0 amide bonds. The van der Waals surface area contributed by atoms with E-state index in [4.69, 9.17) is 9.52 Å². The second-order valence-corrected chi connectivity index (χ2v) is 4.29. The highest BCUT2D eigenvalue weighted by molar-refractivity contribution is 5.84. The van der Waals surface area contributed by atoms with E-state index < -0.39 is 5.97 Å². The Morgan fingerprint density at radius 2 is 2.27 bits per heavy atom. The standard InChI is InChI=1S/C11H15NO3/c1-6-5-8(7(6)2)12-10-4-3-9(15-10)11(13)14/h3-4,6-8,12H,5H2,1-2H3,(H,13,14). The van der Waals surface area contributed by atoms with Gasteiger partial charge in [-0.2, -0.15) is 0 Å². The highest BCUT2D eigenvalue weighted by Crippen LogP contribution is 2.36. The van der Waals surface area contributed by atoms with Gasteiger partial charge in [0, 0.05) is 12.1 Å². The van der Waals surface area contributed by atoms with E-state index >= 15 is 0 Å². The molecule has 1 aromatic heterocycles. The van der Waals surface area contributed by atoms with Crippen molar-refractivity contribution in [2.75, 3.05) is 5.32 Å². The van der Waals surface area contributed by atoms with Crippen LogP contribution in [0.5, 0.6) is 0 Å². The first-order valence-corrected chi connectivity index (χ1v) is 5.17. The monoisotopic (exact) mass is 209 g/mol. The molecule has 0 spiro atoms. The first kappa shape index (κ1) is 10.1. The number of carboxylic acids is 1. The first-order valence-electron chi connectivity index (χ1n) is 5.17. The van der Waals surface area contributed by atoms with Crippen molar-refractivity contribution in [2.24, 2.45) is 11.8 Å². The van der Waals surface area contributed by atoms with Gasteiger partial charge in [-0.25, -0.2) is 4.79 Å². The molecule has 3 atom stereocenters. The molecular formula is C11H15NO3. The number of hydrogen-bond acceptors (Lipinski definition) is 3. The predicted molar refractivity (Wildman–Crippen MR) is 56.0 cm³/mol. The van der Waals surface area contributed by atoms with Crippen molar-refractivity contribution in [1.29, 1.82) is 0 Å². The van der Waals surface area contributed by atoms with Gasteiger partial charge in [-0.3, -0.25) is 0 Å². The second-order valence-electron chi connectivity index (χ2n) is 4.29. The molecule has 0 saturated heterocycles. The molecule has 0 radical (unpaired) electrons. The molecule has 0 bridgehead atoms. The quantitative estimate of drug-likeness (QED) is 0.802. The summed E-state index contributed by atoms with van der Waals surface area (Å²) in [5.41, 5.74) is 0. The normalized spacial score (nSPS) is 29.6. The third-order valence-corrected chi connectivity index (χ3v) is 3.30. The molecular weight excluding hydrogens is 194 g/mol. The van der Waals surface area contributed by atoms with Crippen LogP contribution in [0.2, 0.25) is 0 Å². The summed E-state index contributed by atoms with van der Waals surface area (Å²) in [4.78, 5) is 10.6. The van der Waals surface area contributed by atoms with Crippen LogP contribution in [0, 0.1) is 11.8 Å². The Kier molecular flexibility index (Phi) is 2.42. The molecule has 0 aromatic carbocycles. The zero-order valence-corrected chi connectivity index (χ0v) is 8.86. The van der Waals surface area contributed by atoms with Crippen molar-refractivity contribution in [3.63, 3.8) is 0 Å². The molecule has 1 fully saturated rings. The van der Waals surface area contributed by atoms with Crippen LogP contribution in [-0.2, 0) is 0 Å². The van der Waals surface area contributed by atoms with Crippen LogP contribution >= 0.6 is 0 Å². The molecule has 4 nitrogen and oxygen atoms in total. The van der Waals surface area contributed by atoms with E-state index in [-0.39, 0.29) is 5.76 Å². The van der Waals surface area contributed by atoms with Gasteiger partial charge in [0.25, 0.3) is 0 Å². The molecule has 3 unspecified atom stereocenters. The van der Waals surface area contributed by atoms with E-state index in [1.165, 1.54) is 6.07 Å². The molecule has 1 aliphatic carbocycles. The van der Waals surface area contributed by atoms with Gasteiger partial charge in [-0.05, 0) is 24.3 Å². The predicted octanol–water partition coefficient (Wildman–Crippen LogP) is 2.43. The number of carbonyl (C=O) groups is 1. The second kappa shape index (κ2) is 3.61. The smallest absolute Gasteiger partial charge is 0.371 e. The Balaban J connectivity index is 1.97. The maximum Gasteiger partial charge on any atom is 0.371 e. The molecule has 4 heteroatoms. The van der Waals surface area contributed by atoms with Gasteiger partial charge < -0.3 is 14.8 Å². The molecule has 1 aromatic rings. The third-order valence-electron chi connectivity index (χ3n) is 3.30. The van der Waals surface area contributed by atoms with E-state index in [0.717, 1.165) is 12.3 Å². The van der Waals surface area contributed by atoms with Gasteiger partial charge in [0.1, 0.15) is 0 Å². The van der Waals surface area contributed by atoms with Crippen LogP contribution in [0.15, 0.2) is 16.5 Å². The van der Waals surface area contributed by atoms with Gasteiger partial charge in [0.2, 0.25) is 5.76 Å². The lowest BCUT2D eigenvalue weighted by molar-refractivity contribution is 0.0663. The van der Waals surface area contributed by atoms with Crippen molar-refractivity contribution in [3.05, 3.63) is 17.9 Å². The Labute approximate surface area is 88.3 Å². The van der Waals surface area contributed by atoms with Crippen molar-refractivity contribution in [1.82, 2.24) is 0 Å². The molecule has 82 valence electrons. The molecule has 15 heavy (non-hydrogen) atoms. The zero-order chi connectivity index (χ0) is 11.0. The number of furan rings is 1. The summed E-state index contributed by atoms with van der Waals surface area (Å²) in [5.74, 6) is 0.853. The van der Waals surface area contributed by atoms with Crippen LogP contribution in [0.4, 0.5) is 5.88 Å². The van der Waals surface area contributed by atoms with Gasteiger partial charge in [-0.1, -0.05) is 13.8 Å². The molecule has 1 aliphatic rings. The van der Waals surface area contributed by atoms with E-state index in [2.05, 4.69) is 19.2 Å². The minimum atomic E-state index is -1.03. The highest BCUT2D eigenvalue weighted by atomic mass is 16.4. The van der Waals surface area contributed by atoms with Gasteiger partial charge in [-0.15, -0.1) is 0 Å². The maximum absolute atomic E-state index is 10.6. The fourth-order valence-corrected chi connectivity index (χ4v) is 1.93. The molecule has 2 rings (SSSR count). The lowest BCUT2D eigenvalue weighted by Crippen LogP contribution is -2.43. The fraction of sp³-hybridized carbons (Fsp3) is 0.545. The maximum atomic E-state index is 10.6. The average Bonchev–Trinajstić information content (AvgIpc) is 2.65. The Morgan fingerprint density at radius 3 is 2.73 bits per heavy atom. The van der Waals surface area contributed by atoms with E-state index in [9.17, 15) is 4.79 Å². The summed E-state index contributed by atoms with van der Waals surface area (Å²) in [6.07, 6.45) is 1.12. The number of aromatic carboxylic acids is 1. The van der Waals surface area contributed by atoms with E-state index in [1.54, 1.807) is 6.07 Å². The SMILES string of the molecule is CC1CC(Nc2ccc(C(=O)O)o2)C1C. The highest BCUT2D eigenvalue weighted by Gasteiger charge is 2.34. The number of hydrogen-bond donors (Lipinski definition) is 2. The largest absolute Gasteiger partial charge is 0.475 e. The third kappa shape index (κ3) is 1.84. The Morgan fingerprint density at radius 1 is 1.53 bits per heavy atom. The molecule has 2 N–H and O–H groups in total. The average molecular weight is 209 g/mol. The lowest BCUT2D eigenvalue weighted by atomic mass is 9.71. The van der Waals surface area contributed by atoms with Crippen molar-refractivity contribution < 1.29 is 14.3 Å². The molecule has 0 aliphatic heterocycles. The summed E-state index contributed by atoms with van der Waals surface area (Å²) in [7, 11) is 0. The van der Waals surface area contributed by atoms with Gasteiger partial charge in [0.15, 0.2) is 5.88 Å². The number of rotatable bonds is 3. The number of carboxylic acid groups (broad SMARTS) is 1. The Bertz CT molecular complexity index is 372. The fourth-order valence-electron chi connectivity index (χ4n) is 1.93.